The number of rotatable bonds is 8. The van der Waals surface area contributed by atoms with Crippen molar-refractivity contribution >= 4 is 0 Å². The molecule has 0 saturated carbocycles. The molecule has 0 unspecified atom stereocenters. The van der Waals surface area contributed by atoms with E-state index in [4.69, 9.17) is 4.74 Å². The van der Waals surface area contributed by atoms with Crippen LogP contribution < -0.4 is 5.32 Å². The summed E-state index contributed by atoms with van der Waals surface area (Å²) < 4.78 is 5.40. The van der Waals surface area contributed by atoms with Gasteiger partial charge in [-0.3, -0.25) is 0 Å². The van der Waals surface area contributed by atoms with E-state index >= 15 is 0 Å². The molecule has 0 aliphatic carbocycles. The van der Waals surface area contributed by atoms with Crippen LogP contribution in [0.25, 0.3) is 0 Å². The highest BCUT2D eigenvalue weighted by molar-refractivity contribution is 5.01. The lowest BCUT2D eigenvalue weighted by Gasteiger charge is -2.05. The molecular weight excluding hydrogens is 202 g/mol. The molecule has 0 amide bonds. The number of aromatic nitrogens is 2. The van der Waals surface area contributed by atoms with Gasteiger partial charge in [0, 0.05) is 19.3 Å². The molecule has 4 heteroatoms. The number of hydrogen-bond acceptors (Lipinski definition) is 4. The van der Waals surface area contributed by atoms with Crippen LogP contribution >= 0.6 is 0 Å². The fourth-order valence-electron chi connectivity index (χ4n) is 1.31. The van der Waals surface area contributed by atoms with E-state index in [0.717, 1.165) is 44.1 Å². The largest absolute Gasteiger partial charge is 0.373 e. The first-order valence-corrected chi connectivity index (χ1v) is 5.96. The average Bonchev–Trinajstić information content (AvgIpc) is 2.30. The molecule has 0 bridgehead atoms. The van der Waals surface area contributed by atoms with Crippen molar-refractivity contribution in [3.63, 3.8) is 0 Å². The van der Waals surface area contributed by atoms with Crippen LogP contribution in [0.15, 0.2) is 12.3 Å². The molecule has 4 nitrogen and oxygen atoms in total. The van der Waals surface area contributed by atoms with Crippen LogP contribution in [0.5, 0.6) is 0 Å². The molecule has 0 fully saturated rings. The molecule has 0 aliphatic heterocycles. The van der Waals surface area contributed by atoms with Crippen molar-refractivity contribution in [2.75, 3.05) is 13.2 Å². The minimum absolute atomic E-state index is 0.509. The van der Waals surface area contributed by atoms with Gasteiger partial charge < -0.3 is 10.1 Å². The summed E-state index contributed by atoms with van der Waals surface area (Å²) in [5.74, 6) is 0.768. The van der Waals surface area contributed by atoms with Crippen LogP contribution in [-0.4, -0.2) is 23.1 Å². The first-order chi connectivity index (χ1) is 7.86. The zero-order valence-corrected chi connectivity index (χ0v) is 10.2. The van der Waals surface area contributed by atoms with E-state index < -0.39 is 0 Å². The van der Waals surface area contributed by atoms with Crippen LogP contribution in [0.4, 0.5) is 0 Å². The molecule has 0 aromatic carbocycles. The summed E-state index contributed by atoms with van der Waals surface area (Å²) >= 11 is 0. The monoisotopic (exact) mass is 223 g/mol. The molecular formula is C12H21N3O. The van der Waals surface area contributed by atoms with E-state index in [1.165, 1.54) is 0 Å². The van der Waals surface area contributed by atoms with Gasteiger partial charge in [0.2, 0.25) is 0 Å². The van der Waals surface area contributed by atoms with Gasteiger partial charge >= 0.3 is 0 Å². The third kappa shape index (κ3) is 5.19. The first kappa shape index (κ1) is 13.1. The second kappa shape index (κ2) is 8.19. The summed E-state index contributed by atoms with van der Waals surface area (Å²) in [7, 11) is 0. The maximum absolute atomic E-state index is 5.40. The molecule has 90 valence electrons. The Morgan fingerprint density at radius 1 is 1.31 bits per heavy atom. The molecule has 0 spiro atoms. The van der Waals surface area contributed by atoms with Gasteiger partial charge in [-0.05, 0) is 25.5 Å². The van der Waals surface area contributed by atoms with Gasteiger partial charge in [0.05, 0.1) is 5.69 Å². The van der Waals surface area contributed by atoms with Crippen molar-refractivity contribution in [2.24, 2.45) is 0 Å². The summed E-state index contributed by atoms with van der Waals surface area (Å²) in [5, 5.41) is 3.31. The Kier molecular flexibility index (Phi) is 6.69. The van der Waals surface area contributed by atoms with Gasteiger partial charge in [-0.2, -0.15) is 0 Å². The Morgan fingerprint density at radius 3 is 2.94 bits per heavy atom. The van der Waals surface area contributed by atoms with Gasteiger partial charge in [0.25, 0.3) is 0 Å². The molecule has 0 radical (unpaired) electrons. The number of ether oxygens (including phenoxy) is 1. The van der Waals surface area contributed by atoms with Crippen LogP contribution in [0.2, 0.25) is 0 Å². The smallest absolute Gasteiger partial charge is 0.154 e. The highest BCUT2D eigenvalue weighted by Gasteiger charge is 1.99. The van der Waals surface area contributed by atoms with E-state index in [2.05, 4.69) is 29.1 Å². The van der Waals surface area contributed by atoms with E-state index in [-0.39, 0.29) is 0 Å². The van der Waals surface area contributed by atoms with Crippen LogP contribution in [0.1, 0.15) is 38.2 Å². The predicted molar refractivity (Wildman–Crippen MR) is 64.0 cm³/mol. The zero-order chi connectivity index (χ0) is 11.6. The van der Waals surface area contributed by atoms with Crippen molar-refractivity contribution in [2.45, 2.75) is 39.8 Å². The van der Waals surface area contributed by atoms with Crippen LogP contribution in [0, 0.1) is 0 Å². The molecule has 1 heterocycles. The Labute approximate surface area is 97.5 Å². The maximum Gasteiger partial charge on any atom is 0.154 e. The molecule has 0 saturated heterocycles. The SMILES string of the molecule is CCCNCc1ccnc(COCCC)n1. The van der Waals surface area contributed by atoms with Crippen molar-refractivity contribution < 1.29 is 4.74 Å². The second-order valence-corrected chi connectivity index (χ2v) is 3.69. The number of nitrogens with zero attached hydrogens (tertiary/aromatic N) is 2. The maximum atomic E-state index is 5.40. The van der Waals surface area contributed by atoms with E-state index in [1.807, 2.05) is 6.07 Å². The van der Waals surface area contributed by atoms with Crippen molar-refractivity contribution in [1.29, 1.82) is 0 Å². The number of nitrogens with one attached hydrogen (secondary N) is 1. The predicted octanol–water partition coefficient (Wildman–Crippen LogP) is 1.90. The van der Waals surface area contributed by atoms with Crippen molar-refractivity contribution in [3.05, 3.63) is 23.8 Å². The van der Waals surface area contributed by atoms with Gasteiger partial charge in [-0.25, -0.2) is 9.97 Å². The Hall–Kier alpha value is -1.00. The van der Waals surface area contributed by atoms with Gasteiger partial charge in [-0.1, -0.05) is 13.8 Å². The lowest BCUT2D eigenvalue weighted by Crippen LogP contribution is -2.15. The fourth-order valence-corrected chi connectivity index (χ4v) is 1.31. The Morgan fingerprint density at radius 2 is 2.19 bits per heavy atom. The van der Waals surface area contributed by atoms with Gasteiger partial charge in [0.15, 0.2) is 5.82 Å². The third-order valence-corrected chi connectivity index (χ3v) is 2.08. The number of hydrogen-bond donors (Lipinski definition) is 1. The molecule has 1 rings (SSSR count). The van der Waals surface area contributed by atoms with Crippen molar-refractivity contribution in [1.82, 2.24) is 15.3 Å². The van der Waals surface area contributed by atoms with Crippen LogP contribution in [0.3, 0.4) is 0 Å². The normalized spacial score (nSPS) is 10.6. The van der Waals surface area contributed by atoms with Crippen LogP contribution in [-0.2, 0) is 17.9 Å². The lowest BCUT2D eigenvalue weighted by molar-refractivity contribution is 0.116. The van der Waals surface area contributed by atoms with Crippen molar-refractivity contribution in [3.8, 4) is 0 Å². The topological polar surface area (TPSA) is 47.0 Å². The molecule has 0 aliphatic rings. The Balaban J connectivity index is 2.37. The fraction of sp³-hybridized carbons (Fsp3) is 0.667. The Bertz CT molecular complexity index is 266. The first-order valence-electron chi connectivity index (χ1n) is 5.96. The molecule has 1 aromatic rings. The summed E-state index contributed by atoms with van der Waals surface area (Å²) in [4.78, 5) is 8.59. The molecule has 1 N–H and O–H groups in total. The third-order valence-electron chi connectivity index (χ3n) is 2.08. The summed E-state index contributed by atoms with van der Waals surface area (Å²) in [5.41, 5.74) is 1.03. The minimum atomic E-state index is 0.509. The van der Waals surface area contributed by atoms with E-state index in [1.54, 1.807) is 6.20 Å². The van der Waals surface area contributed by atoms with E-state index in [0.29, 0.717) is 6.61 Å². The molecule has 16 heavy (non-hydrogen) atoms. The van der Waals surface area contributed by atoms with E-state index in [9.17, 15) is 0 Å². The highest BCUT2D eigenvalue weighted by atomic mass is 16.5. The summed E-state index contributed by atoms with van der Waals surface area (Å²) in [6, 6.07) is 1.94. The standard InChI is InChI=1S/C12H21N3O/c1-3-6-13-9-11-5-7-14-12(15-11)10-16-8-4-2/h5,7,13H,3-4,6,8-10H2,1-2H3. The zero-order valence-electron chi connectivity index (χ0n) is 10.2. The summed E-state index contributed by atoms with van der Waals surface area (Å²) in [6.07, 6.45) is 3.95. The second-order valence-electron chi connectivity index (χ2n) is 3.69. The quantitative estimate of drug-likeness (QED) is 0.684. The highest BCUT2D eigenvalue weighted by Crippen LogP contribution is 1.98. The van der Waals surface area contributed by atoms with Gasteiger partial charge in [-0.15, -0.1) is 0 Å². The molecule has 0 atom stereocenters. The van der Waals surface area contributed by atoms with Gasteiger partial charge in [0.1, 0.15) is 6.61 Å². The lowest BCUT2D eigenvalue weighted by atomic mass is 10.4. The minimum Gasteiger partial charge on any atom is -0.373 e. The molecule has 1 aromatic heterocycles. The average molecular weight is 223 g/mol. The summed E-state index contributed by atoms with van der Waals surface area (Å²) in [6.45, 7) is 7.34.